The SMILES string of the molecule is Cc1cc(C(c2ccccc2)(c2ccccc2)c2ccccc2)c(C)o1. The molecule has 0 radical (unpaired) electrons. The molecule has 128 valence electrons. The molecule has 0 unspecified atom stereocenters. The fourth-order valence-electron chi connectivity index (χ4n) is 4.03. The van der Waals surface area contributed by atoms with Gasteiger partial charge in [-0.15, -0.1) is 0 Å². The monoisotopic (exact) mass is 338 g/mol. The normalized spacial score (nSPS) is 11.5. The quantitative estimate of drug-likeness (QED) is 0.399. The Morgan fingerprint density at radius 3 is 1.27 bits per heavy atom. The zero-order chi connectivity index (χ0) is 18.0. The van der Waals surface area contributed by atoms with Gasteiger partial charge >= 0.3 is 0 Å². The summed E-state index contributed by atoms with van der Waals surface area (Å²) < 4.78 is 5.98. The van der Waals surface area contributed by atoms with Crippen LogP contribution in [0.5, 0.6) is 0 Å². The largest absolute Gasteiger partial charge is 0.466 e. The van der Waals surface area contributed by atoms with Crippen molar-refractivity contribution < 1.29 is 4.42 Å². The van der Waals surface area contributed by atoms with Crippen LogP contribution >= 0.6 is 0 Å². The maximum absolute atomic E-state index is 5.98. The van der Waals surface area contributed by atoms with Gasteiger partial charge in [-0.1, -0.05) is 91.0 Å². The van der Waals surface area contributed by atoms with E-state index in [9.17, 15) is 0 Å². The summed E-state index contributed by atoms with van der Waals surface area (Å²) in [6.45, 7) is 4.08. The maximum atomic E-state index is 5.98. The van der Waals surface area contributed by atoms with E-state index in [1.54, 1.807) is 0 Å². The van der Waals surface area contributed by atoms with E-state index in [1.807, 2.05) is 6.92 Å². The van der Waals surface area contributed by atoms with Crippen molar-refractivity contribution in [1.29, 1.82) is 0 Å². The van der Waals surface area contributed by atoms with Crippen LogP contribution in [-0.2, 0) is 5.41 Å². The van der Waals surface area contributed by atoms with Gasteiger partial charge in [0.05, 0.1) is 5.41 Å². The smallest absolute Gasteiger partial charge is 0.105 e. The standard InChI is InChI=1S/C25H22O/c1-19-18-24(20(2)26-19)25(21-12-6-3-7-13-21,22-14-8-4-9-15-22)23-16-10-5-11-17-23/h3-18H,1-2H3. The molecule has 3 aromatic carbocycles. The van der Waals surface area contributed by atoms with Gasteiger partial charge in [0, 0.05) is 5.56 Å². The van der Waals surface area contributed by atoms with Crippen molar-refractivity contribution in [2.45, 2.75) is 19.3 Å². The molecular formula is C25H22O. The van der Waals surface area contributed by atoms with Crippen molar-refractivity contribution in [3.63, 3.8) is 0 Å². The van der Waals surface area contributed by atoms with Crippen LogP contribution in [0.2, 0.25) is 0 Å². The minimum absolute atomic E-state index is 0.411. The second-order valence-electron chi connectivity index (χ2n) is 6.67. The lowest BCUT2D eigenvalue weighted by Crippen LogP contribution is -2.31. The molecule has 0 N–H and O–H groups in total. The first kappa shape index (κ1) is 16.4. The number of benzene rings is 3. The minimum Gasteiger partial charge on any atom is -0.466 e. The van der Waals surface area contributed by atoms with Crippen LogP contribution in [0.1, 0.15) is 33.8 Å². The van der Waals surface area contributed by atoms with Crippen LogP contribution in [0.15, 0.2) is 101 Å². The minimum atomic E-state index is -0.411. The van der Waals surface area contributed by atoms with Crippen LogP contribution < -0.4 is 0 Å². The number of hydrogen-bond donors (Lipinski definition) is 0. The highest BCUT2D eigenvalue weighted by molar-refractivity contribution is 5.60. The first-order valence-electron chi connectivity index (χ1n) is 8.97. The first-order valence-corrected chi connectivity index (χ1v) is 8.97. The molecule has 0 aliphatic heterocycles. The van der Waals surface area contributed by atoms with E-state index in [2.05, 4.69) is 104 Å². The average molecular weight is 338 g/mol. The lowest BCUT2D eigenvalue weighted by atomic mass is 9.65. The Morgan fingerprint density at radius 2 is 0.962 bits per heavy atom. The Kier molecular flexibility index (Phi) is 4.22. The summed E-state index contributed by atoms with van der Waals surface area (Å²) in [7, 11) is 0. The molecule has 0 fully saturated rings. The molecule has 0 amide bonds. The molecule has 1 aromatic heterocycles. The molecule has 0 aliphatic carbocycles. The van der Waals surface area contributed by atoms with Crippen LogP contribution in [0.4, 0.5) is 0 Å². The van der Waals surface area contributed by atoms with Crippen molar-refractivity contribution in [1.82, 2.24) is 0 Å². The summed E-state index contributed by atoms with van der Waals surface area (Å²) in [4.78, 5) is 0. The maximum Gasteiger partial charge on any atom is 0.105 e. The van der Waals surface area contributed by atoms with E-state index >= 15 is 0 Å². The van der Waals surface area contributed by atoms with Gasteiger partial charge in [0.25, 0.3) is 0 Å². The summed E-state index contributed by atoms with van der Waals surface area (Å²) in [5.41, 5.74) is 4.49. The summed E-state index contributed by atoms with van der Waals surface area (Å²) in [5, 5.41) is 0. The molecule has 1 nitrogen and oxygen atoms in total. The molecule has 0 spiro atoms. The van der Waals surface area contributed by atoms with E-state index in [-0.39, 0.29) is 0 Å². The van der Waals surface area contributed by atoms with Crippen LogP contribution in [0, 0.1) is 13.8 Å². The lowest BCUT2D eigenvalue weighted by Gasteiger charge is -2.36. The van der Waals surface area contributed by atoms with Gasteiger partial charge in [0.1, 0.15) is 11.5 Å². The summed E-state index contributed by atoms with van der Waals surface area (Å²) in [6, 6.07) is 34.3. The van der Waals surface area contributed by atoms with Crippen LogP contribution in [-0.4, -0.2) is 0 Å². The predicted octanol–water partition coefficient (Wildman–Crippen LogP) is 6.28. The highest BCUT2D eigenvalue weighted by atomic mass is 16.3. The van der Waals surface area contributed by atoms with Gasteiger partial charge in [-0.2, -0.15) is 0 Å². The number of furan rings is 1. The zero-order valence-electron chi connectivity index (χ0n) is 15.1. The summed E-state index contributed by atoms with van der Waals surface area (Å²) in [5.74, 6) is 1.89. The molecule has 1 heterocycles. The van der Waals surface area contributed by atoms with E-state index < -0.39 is 5.41 Å². The van der Waals surface area contributed by atoms with Crippen molar-refractivity contribution in [2.75, 3.05) is 0 Å². The Bertz CT molecular complexity index is 886. The van der Waals surface area contributed by atoms with Crippen molar-refractivity contribution in [3.05, 3.63) is 131 Å². The number of rotatable bonds is 4. The highest BCUT2D eigenvalue weighted by Crippen LogP contribution is 2.46. The fourth-order valence-corrected chi connectivity index (χ4v) is 4.03. The average Bonchev–Trinajstić information content (AvgIpc) is 3.03. The van der Waals surface area contributed by atoms with E-state index in [4.69, 9.17) is 4.42 Å². The number of hydrogen-bond acceptors (Lipinski definition) is 1. The summed E-state index contributed by atoms with van der Waals surface area (Å²) in [6.07, 6.45) is 0. The molecule has 0 saturated heterocycles. The van der Waals surface area contributed by atoms with E-state index in [0.717, 1.165) is 11.5 Å². The predicted molar refractivity (Wildman–Crippen MR) is 106 cm³/mol. The first-order chi connectivity index (χ1) is 12.7. The van der Waals surface area contributed by atoms with Gasteiger partial charge in [-0.3, -0.25) is 0 Å². The molecule has 0 bridgehead atoms. The van der Waals surface area contributed by atoms with Crippen molar-refractivity contribution in [3.8, 4) is 0 Å². The highest BCUT2D eigenvalue weighted by Gasteiger charge is 2.40. The van der Waals surface area contributed by atoms with Gasteiger partial charge in [-0.05, 0) is 36.6 Å². The lowest BCUT2D eigenvalue weighted by molar-refractivity contribution is 0.497. The number of aryl methyl sites for hydroxylation is 2. The Labute approximate surface area is 154 Å². The third-order valence-corrected chi connectivity index (χ3v) is 5.07. The molecule has 0 saturated carbocycles. The molecule has 0 atom stereocenters. The molecule has 4 rings (SSSR count). The molecule has 26 heavy (non-hydrogen) atoms. The van der Waals surface area contributed by atoms with Crippen molar-refractivity contribution in [2.24, 2.45) is 0 Å². The second kappa shape index (κ2) is 6.68. The second-order valence-corrected chi connectivity index (χ2v) is 6.67. The topological polar surface area (TPSA) is 13.1 Å². The Morgan fingerprint density at radius 1 is 0.577 bits per heavy atom. The van der Waals surface area contributed by atoms with Gasteiger partial charge in [0.2, 0.25) is 0 Å². The van der Waals surface area contributed by atoms with Crippen LogP contribution in [0.25, 0.3) is 0 Å². The Balaban J connectivity index is 2.16. The van der Waals surface area contributed by atoms with Crippen LogP contribution in [0.3, 0.4) is 0 Å². The molecule has 4 aromatic rings. The summed E-state index contributed by atoms with van der Waals surface area (Å²) >= 11 is 0. The Hall–Kier alpha value is -3.06. The van der Waals surface area contributed by atoms with Gasteiger partial charge in [0.15, 0.2) is 0 Å². The molecular weight excluding hydrogens is 316 g/mol. The van der Waals surface area contributed by atoms with E-state index in [0.29, 0.717) is 0 Å². The van der Waals surface area contributed by atoms with Gasteiger partial charge in [-0.25, -0.2) is 0 Å². The van der Waals surface area contributed by atoms with Crippen molar-refractivity contribution >= 4 is 0 Å². The zero-order valence-corrected chi connectivity index (χ0v) is 15.1. The molecule has 1 heteroatoms. The van der Waals surface area contributed by atoms with Gasteiger partial charge < -0.3 is 4.42 Å². The molecule has 0 aliphatic rings. The fraction of sp³-hybridized carbons (Fsp3) is 0.120. The third kappa shape index (κ3) is 2.57. The van der Waals surface area contributed by atoms with E-state index in [1.165, 1.54) is 22.3 Å². The third-order valence-electron chi connectivity index (χ3n) is 5.07.